The molecule has 3 rings (SSSR count). The fourth-order valence-electron chi connectivity index (χ4n) is 4.89. The van der Waals surface area contributed by atoms with Crippen LogP contribution in [0.1, 0.15) is 76.2 Å². The molecule has 1 aromatic rings. The Bertz CT molecular complexity index is 813. The van der Waals surface area contributed by atoms with Gasteiger partial charge in [-0.3, -0.25) is 4.79 Å². The Morgan fingerprint density at radius 3 is 2.50 bits per heavy atom. The number of methoxy groups -OCH3 is 1. The lowest BCUT2D eigenvalue weighted by Gasteiger charge is -2.35. The fourth-order valence-corrected chi connectivity index (χ4v) is 4.89. The van der Waals surface area contributed by atoms with Gasteiger partial charge in [0.15, 0.2) is 5.78 Å². The molecule has 32 heavy (non-hydrogen) atoms. The van der Waals surface area contributed by atoms with E-state index in [1.807, 2.05) is 30.3 Å². The Hall–Kier alpha value is -2.63. The lowest BCUT2D eigenvalue weighted by Crippen LogP contribution is -2.55. The van der Waals surface area contributed by atoms with Crippen molar-refractivity contribution in [1.29, 1.82) is 0 Å². The Kier molecular flexibility index (Phi) is 8.89. The first kappa shape index (κ1) is 24.0. The highest BCUT2D eigenvalue weighted by Crippen LogP contribution is 2.34. The number of hydrogen-bond donors (Lipinski definition) is 1. The average Bonchev–Trinajstić information content (AvgIpc) is 2.82. The minimum absolute atomic E-state index is 0.0731. The number of esters is 1. The van der Waals surface area contributed by atoms with E-state index in [4.69, 9.17) is 9.47 Å². The number of benzene rings is 1. The summed E-state index contributed by atoms with van der Waals surface area (Å²) in [4.78, 5) is 37.8. The van der Waals surface area contributed by atoms with Crippen molar-refractivity contribution in [3.8, 4) is 0 Å². The standard InChI is InChI=1S/C26H35NO5/c1-31-24(29)26(16-15-20-9-4-2-5-10-20,18-22-13-8-14-23(28)17-22)27-25(30)32-19-21-11-6-3-7-12-21/h3,6-7,11-12,17,20H,2,4-5,8-10,13-16,18-19H2,1H3,(H,27,30)/t26-/m1/s1. The van der Waals surface area contributed by atoms with Crippen LogP contribution in [0.15, 0.2) is 42.0 Å². The Labute approximate surface area is 190 Å². The molecule has 1 atom stereocenters. The molecule has 0 bridgehead atoms. The first-order valence-corrected chi connectivity index (χ1v) is 11.8. The summed E-state index contributed by atoms with van der Waals surface area (Å²) in [5.74, 6) is 0.129. The number of rotatable bonds is 9. The van der Waals surface area contributed by atoms with Crippen LogP contribution in [0, 0.1) is 5.92 Å². The third-order valence-corrected chi connectivity index (χ3v) is 6.65. The van der Waals surface area contributed by atoms with Crippen molar-refractivity contribution in [1.82, 2.24) is 5.32 Å². The molecule has 0 spiro atoms. The van der Waals surface area contributed by atoms with Gasteiger partial charge in [-0.2, -0.15) is 0 Å². The number of allylic oxidation sites excluding steroid dienone is 1. The number of hydrogen-bond acceptors (Lipinski definition) is 5. The number of alkyl carbamates (subject to hydrolysis) is 1. The molecule has 0 aliphatic heterocycles. The fraction of sp³-hybridized carbons (Fsp3) is 0.577. The largest absolute Gasteiger partial charge is 0.467 e. The summed E-state index contributed by atoms with van der Waals surface area (Å²) in [6.07, 6.45) is 10.6. The summed E-state index contributed by atoms with van der Waals surface area (Å²) in [6, 6.07) is 9.42. The molecule has 1 N–H and O–H groups in total. The lowest BCUT2D eigenvalue weighted by atomic mass is 9.78. The van der Waals surface area contributed by atoms with Crippen LogP contribution >= 0.6 is 0 Å². The quantitative estimate of drug-likeness (QED) is 0.529. The van der Waals surface area contributed by atoms with Gasteiger partial charge in [-0.05, 0) is 43.2 Å². The van der Waals surface area contributed by atoms with E-state index in [1.165, 1.54) is 26.4 Å². The molecule has 2 aliphatic carbocycles. The van der Waals surface area contributed by atoms with Gasteiger partial charge in [0, 0.05) is 12.8 Å². The maximum absolute atomic E-state index is 13.1. The SMILES string of the molecule is COC(=O)[C@@](CCC1CCCCC1)(CC1=CC(=O)CCC1)NC(=O)OCc1ccccc1. The van der Waals surface area contributed by atoms with Gasteiger partial charge in [0.25, 0.3) is 0 Å². The van der Waals surface area contributed by atoms with Crippen molar-refractivity contribution < 1.29 is 23.9 Å². The van der Waals surface area contributed by atoms with Gasteiger partial charge in [0.05, 0.1) is 7.11 Å². The first-order valence-electron chi connectivity index (χ1n) is 11.8. The maximum atomic E-state index is 13.1. The third kappa shape index (κ3) is 6.94. The molecule has 0 aromatic heterocycles. The van der Waals surface area contributed by atoms with Gasteiger partial charge in [0.1, 0.15) is 12.1 Å². The van der Waals surface area contributed by atoms with Crippen molar-refractivity contribution in [3.05, 3.63) is 47.5 Å². The maximum Gasteiger partial charge on any atom is 0.408 e. The molecule has 0 radical (unpaired) electrons. The van der Waals surface area contributed by atoms with Crippen LogP contribution in [0.2, 0.25) is 0 Å². The molecule has 6 nitrogen and oxygen atoms in total. The van der Waals surface area contributed by atoms with Crippen LogP contribution in [-0.4, -0.2) is 30.5 Å². The van der Waals surface area contributed by atoms with Crippen molar-refractivity contribution in [2.24, 2.45) is 5.92 Å². The van der Waals surface area contributed by atoms with Gasteiger partial charge in [-0.25, -0.2) is 9.59 Å². The molecule has 1 fully saturated rings. The van der Waals surface area contributed by atoms with E-state index < -0.39 is 17.6 Å². The second kappa shape index (κ2) is 11.8. The van der Waals surface area contributed by atoms with E-state index in [0.29, 0.717) is 18.8 Å². The van der Waals surface area contributed by atoms with Gasteiger partial charge in [0.2, 0.25) is 0 Å². The zero-order valence-electron chi connectivity index (χ0n) is 19.1. The minimum atomic E-state index is -1.23. The predicted octanol–water partition coefficient (Wildman–Crippen LogP) is 5.25. The molecule has 1 saturated carbocycles. The number of amides is 1. The van der Waals surface area contributed by atoms with Crippen LogP contribution in [0.3, 0.4) is 0 Å². The van der Waals surface area contributed by atoms with E-state index in [0.717, 1.165) is 43.2 Å². The number of carbonyl (C=O) groups excluding carboxylic acids is 3. The molecule has 1 amide bonds. The van der Waals surface area contributed by atoms with E-state index in [-0.39, 0.29) is 18.8 Å². The normalized spacial score (nSPS) is 18.9. The molecular weight excluding hydrogens is 406 g/mol. The van der Waals surface area contributed by atoms with E-state index in [2.05, 4.69) is 5.32 Å². The van der Waals surface area contributed by atoms with Crippen molar-refractivity contribution in [2.75, 3.05) is 7.11 Å². The van der Waals surface area contributed by atoms with Crippen LogP contribution in [0.25, 0.3) is 0 Å². The molecule has 0 heterocycles. The summed E-state index contributed by atoms with van der Waals surface area (Å²) in [6.45, 7) is 0.119. The highest BCUT2D eigenvalue weighted by Gasteiger charge is 2.43. The molecular formula is C26H35NO5. The van der Waals surface area contributed by atoms with Crippen molar-refractivity contribution in [2.45, 2.75) is 82.8 Å². The van der Waals surface area contributed by atoms with Gasteiger partial charge >= 0.3 is 12.1 Å². The van der Waals surface area contributed by atoms with Crippen LogP contribution in [0.4, 0.5) is 4.79 Å². The summed E-state index contributed by atoms with van der Waals surface area (Å²) < 4.78 is 10.6. The smallest absolute Gasteiger partial charge is 0.408 e. The highest BCUT2D eigenvalue weighted by molar-refractivity contribution is 5.92. The van der Waals surface area contributed by atoms with Gasteiger partial charge in [-0.1, -0.05) is 68.0 Å². The molecule has 2 aliphatic rings. The summed E-state index contributed by atoms with van der Waals surface area (Å²) in [5, 5.41) is 2.87. The third-order valence-electron chi connectivity index (χ3n) is 6.65. The second-order valence-corrected chi connectivity index (χ2v) is 9.10. The van der Waals surface area contributed by atoms with Gasteiger partial charge < -0.3 is 14.8 Å². The monoisotopic (exact) mass is 441 g/mol. The van der Waals surface area contributed by atoms with Crippen molar-refractivity contribution >= 4 is 17.8 Å². The number of carbonyl (C=O) groups is 3. The van der Waals surface area contributed by atoms with E-state index in [9.17, 15) is 14.4 Å². The van der Waals surface area contributed by atoms with Gasteiger partial charge in [-0.15, -0.1) is 0 Å². The Morgan fingerprint density at radius 2 is 1.81 bits per heavy atom. The Morgan fingerprint density at radius 1 is 1.06 bits per heavy atom. The summed E-state index contributed by atoms with van der Waals surface area (Å²) in [7, 11) is 1.34. The second-order valence-electron chi connectivity index (χ2n) is 9.10. The number of ether oxygens (including phenoxy) is 2. The van der Waals surface area contributed by atoms with Crippen LogP contribution in [0.5, 0.6) is 0 Å². The van der Waals surface area contributed by atoms with Crippen molar-refractivity contribution in [3.63, 3.8) is 0 Å². The first-order chi connectivity index (χ1) is 15.5. The average molecular weight is 442 g/mol. The topological polar surface area (TPSA) is 81.7 Å². The molecule has 6 heteroatoms. The number of nitrogens with one attached hydrogen (secondary N) is 1. The molecule has 0 saturated heterocycles. The van der Waals surface area contributed by atoms with E-state index in [1.54, 1.807) is 6.08 Å². The Balaban J connectivity index is 1.76. The highest BCUT2D eigenvalue weighted by atomic mass is 16.6. The lowest BCUT2D eigenvalue weighted by molar-refractivity contribution is -0.149. The minimum Gasteiger partial charge on any atom is -0.467 e. The molecule has 0 unspecified atom stereocenters. The van der Waals surface area contributed by atoms with Crippen LogP contribution < -0.4 is 5.32 Å². The molecule has 174 valence electrons. The predicted molar refractivity (Wildman–Crippen MR) is 122 cm³/mol. The number of ketones is 1. The van der Waals surface area contributed by atoms with E-state index >= 15 is 0 Å². The zero-order chi connectivity index (χ0) is 22.8. The summed E-state index contributed by atoms with van der Waals surface area (Å²) in [5.41, 5.74) is 0.524. The van der Waals surface area contributed by atoms with Crippen LogP contribution in [-0.2, 0) is 25.7 Å². The summed E-state index contributed by atoms with van der Waals surface area (Å²) >= 11 is 0. The molecule has 1 aromatic carbocycles. The zero-order valence-corrected chi connectivity index (χ0v) is 19.1.